The molecule has 1 fully saturated rings. The molecule has 0 bridgehead atoms. The van der Waals surface area contributed by atoms with Crippen molar-refractivity contribution < 1.29 is 4.74 Å². The summed E-state index contributed by atoms with van der Waals surface area (Å²) in [4.78, 5) is 6.72. The molecule has 5 nitrogen and oxygen atoms in total. The Bertz CT molecular complexity index is 696. The lowest BCUT2D eigenvalue weighted by Gasteiger charge is -2.44. The van der Waals surface area contributed by atoms with Gasteiger partial charge in [0.05, 0.1) is 35.5 Å². The first-order valence-corrected chi connectivity index (χ1v) is 7.08. The normalized spacial score (nSPS) is 17.9. The Morgan fingerprint density at radius 3 is 2.86 bits per heavy atom. The molecule has 0 aliphatic carbocycles. The summed E-state index contributed by atoms with van der Waals surface area (Å²) < 4.78 is 5.61. The second kappa shape index (κ2) is 5.00. The first-order chi connectivity index (χ1) is 10.0. The highest BCUT2D eigenvalue weighted by molar-refractivity contribution is 6.08. The van der Waals surface area contributed by atoms with Crippen LogP contribution in [0.4, 0.5) is 5.69 Å². The molecule has 3 N–H and O–H groups in total. The lowest BCUT2D eigenvalue weighted by molar-refractivity contribution is 0.0645. The first-order valence-electron chi connectivity index (χ1n) is 7.08. The molecule has 1 aromatic heterocycles. The number of benzene rings is 1. The van der Waals surface area contributed by atoms with Gasteiger partial charge in [-0.15, -0.1) is 0 Å². The van der Waals surface area contributed by atoms with E-state index in [1.165, 1.54) is 0 Å². The Morgan fingerprint density at radius 2 is 2.14 bits per heavy atom. The first kappa shape index (κ1) is 13.8. The topological polar surface area (TPSA) is 75.2 Å². The van der Waals surface area contributed by atoms with Crippen molar-refractivity contribution in [1.82, 2.24) is 4.98 Å². The number of anilines is 1. The number of rotatable bonds is 2. The number of para-hydroxylation sites is 1. The summed E-state index contributed by atoms with van der Waals surface area (Å²) in [6.07, 6.45) is 1.70. The predicted octanol–water partition coefficient (Wildman–Crippen LogP) is 2.13. The van der Waals surface area contributed by atoms with Crippen LogP contribution >= 0.6 is 0 Å². The van der Waals surface area contributed by atoms with Gasteiger partial charge in [0.25, 0.3) is 0 Å². The maximum atomic E-state index is 7.88. The highest BCUT2D eigenvalue weighted by atomic mass is 16.5. The van der Waals surface area contributed by atoms with E-state index < -0.39 is 0 Å². The fraction of sp³-hybridized carbons (Fsp3) is 0.375. The average molecular weight is 284 g/mol. The van der Waals surface area contributed by atoms with Crippen molar-refractivity contribution in [3.8, 4) is 0 Å². The van der Waals surface area contributed by atoms with Gasteiger partial charge in [-0.05, 0) is 19.9 Å². The summed E-state index contributed by atoms with van der Waals surface area (Å²) >= 11 is 0. The van der Waals surface area contributed by atoms with Crippen molar-refractivity contribution in [3.63, 3.8) is 0 Å². The Labute approximate surface area is 124 Å². The SMILES string of the molecule is CC1(C)COCCN1c1c(C(=N)N)cnc2ccccc12. The Balaban J connectivity index is 2.27. The molecule has 0 unspecified atom stereocenters. The molecule has 0 radical (unpaired) electrons. The van der Waals surface area contributed by atoms with Crippen LogP contribution in [0.1, 0.15) is 19.4 Å². The number of amidine groups is 1. The number of nitrogens with one attached hydrogen (secondary N) is 1. The number of aromatic nitrogens is 1. The van der Waals surface area contributed by atoms with Gasteiger partial charge in [-0.1, -0.05) is 18.2 Å². The van der Waals surface area contributed by atoms with Gasteiger partial charge in [-0.2, -0.15) is 0 Å². The summed E-state index contributed by atoms with van der Waals surface area (Å²) in [6.45, 7) is 6.40. The zero-order valence-corrected chi connectivity index (χ0v) is 12.4. The number of fused-ring (bicyclic) bond motifs is 1. The molecule has 0 atom stereocenters. The van der Waals surface area contributed by atoms with Gasteiger partial charge in [0.1, 0.15) is 5.84 Å². The third kappa shape index (κ3) is 2.34. The number of nitrogen functional groups attached to an aromatic ring is 1. The van der Waals surface area contributed by atoms with Crippen LogP contribution in [-0.2, 0) is 4.74 Å². The van der Waals surface area contributed by atoms with Crippen LogP contribution in [0.2, 0.25) is 0 Å². The molecule has 3 rings (SSSR count). The molecule has 0 saturated carbocycles. The van der Waals surface area contributed by atoms with E-state index in [1.807, 2.05) is 24.3 Å². The molecule has 1 aliphatic heterocycles. The van der Waals surface area contributed by atoms with Crippen LogP contribution in [0.3, 0.4) is 0 Å². The lowest BCUT2D eigenvalue weighted by Crippen LogP contribution is -2.53. The van der Waals surface area contributed by atoms with Crippen LogP contribution in [-0.4, -0.2) is 36.1 Å². The van der Waals surface area contributed by atoms with Gasteiger partial charge >= 0.3 is 0 Å². The van der Waals surface area contributed by atoms with Crippen LogP contribution in [0.5, 0.6) is 0 Å². The van der Waals surface area contributed by atoms with E-state index in [4.69, 9.17) is 15.9 Å². The van der Waals surface area contributed by atoms with Gasteiger partial charge in [0, 0.05) is 18.1 Å². The van der Waals surface area contributed by atoms with Gasteiger partial charge in [0.2, 0.25) is 0 Å². The molecule has 2 aromatic rings. The van der Waals surface area contributed by atoms with Crippen molar-refractivity contribution in [2.75, 3.05) is 24.7 Å². The third-order valence-corrected chi connectivity index (χ3v) is 3.95. The van der Waals surface area contributed by atoms with E-state index in [9.17, 15) is 0 Å². The van der Waals surface area contributed by atoms with Crippen molar-refractivity contribution in [1.29, 1.82) is 5.41 Å². The summed E-state index contributed by atoms with van der Waals surface area (Å²) in [6, 6.07) is 7.98. The number of hydrogen-bond acceptors (Lipinski definition) is 4. The van der Waals surface area contributed by atoms with E-state index in [1.54, 1.807) is 6.20 Å². The van der Waals surface area contributed by atoms with Crippen molar-refractivity contribution in [3.05, 3.63) is 36.0 Å². The van der Waals surface area contributed by atoms with Crippen LogP contribution < -0.4 is 10.6 Å². The monoisotopic (exact) mass is 284 g/mol. The average Bonchev–Trinajstić information content (AvgIpc) is 2.46. The van der Waals surface area contributed by atoms with Crippen LogP contribution in [0, 0.1) is 5.41 Å². The fourth-order valence-electron chi connectivity index (χ4n) is 2.89. The zero-order chi connectivity index (χ0) is 15.0. The summed E-state index contributed by atoms with van der Waals surface area (Å²) in [5, 5.41) is 8.91. The van der Waals surface area contributed by atoms with Gasteiger partial charge in [-0.25, -0.2) is 0 Å². The van der Waals surface area contributed by atoms with E-state index in [2.05, 4.69) is 23.7 Å². The van der Waals surface area contributed by atoms with Crippen molar-refractivity contribution in [2.45, 2.75) is 19.4 Å². The molecule has 0 amide bonds. The molecule has 1 aliphatic rings. The largest absolute Gasteiger partial charge is 0.384 e. The van der Waals surface area contributed by atoms with Gasteiger partial charge < -0.3 is 15.4 Å². The minimum absolute atomic E-state index is 0.0468. The molecular formula is C16H20N4O. The van der Waals surface area contributed by atoms with E-state index in [0.29, 0.717) is 18.8 Å². The summed E-state index contributed by atoms with van der Waals surface area (Å²) in [7, 11) is 0. The quantitative estimate of drug-likeness (QED) is 0.654. The Kier molecular flexibility index (Phi) is 3.29. The van der Waals surface area contributed by atoms with Crippen molar-refractivity contribution >= 4 is 22.4 Å². The Morgan fingerprint density at radius 1 is 1.38 bits per heavy atom. The second-order valence-electron chi connectivity index (χ2n) is 5.97. The van der Waals surface area contributed by atoms with Gasteiger partial charge in [0.15, 0.2) is 0 Å². The highest BCUT2D eigenvalue weighted by Gasteiger charge is 2.33. The highest BCUT2D eigenvalue weighted by Crippen LogP contribution is 2.35. The molecular weight excluding hydrogens is 264 g/mol. The number of morpholine rings is 1. The maximum Gasteiger partial charge on any atom is 0.126 e. The van der Waals surface area contributed by atoms with E-state index in [-0.39, 0.29) is 11.4 Å². The molecule has 1 aromatic carbocycles. The lowest BCUT2D eigenvalue weighted by atomic mass is 9.98. The molecule has 0 spiro atoms. The number of hydrogen-bond donors (Lipinski definition) is 2. The minimum atomic E-state index is -0.146. The van der Waals surface area contributed by atoms with E-state index in [0.717, 1.165) is 23.1 Å². The molecule has 21 heavy (non-hydrogen) atoms. The molecule has 110 valence electrons. The smallest absolute Gasteiger partial charge is 0.126 e. The van der Waals surface area contributed by atoms with E-state index >= 15 is 0 Å². The van der Waals surface area contributed by atoms with Crippen molar-refractivity contribution in [2.24, 2.45) is 5.73 Å². The Hall–Kier alpha value is -2.14. The number of ether oxygens (including phenoxy) is 1. The number of pyridine rings is 1. The third-order valence-electron chi connectivity index (χ3n) is 3.95. The number of nitrogens with two attached hydrogens (primary N) is 1. The zero-order valence-electron chi connectivity index (χ0n) is 12.4. The maximum absolute atomic E-state index is 7.88. The summed E-state index contributed by atoms with van der Waals surface area (Å²) in [5.41, 5.74) is 8.23. The molecule has 1 saturated heterocycles. The molecule has 5 heteroatoms. The minimum Gasteiger partial charge on any atom is -0.384 e. The van der Waals surface area contributed by atoms with Crippen LogP contribution in [0.25, 0.3) is 10.9 Å². The molecule has 2 heterocycles. The fourth-order valence-corrected chi connectivity index (χ4v) is 2.89. The standard InChI is InChI=1S/C16H20N4O/c1-16(2)10-21-8-7-20(16)14-11-5-3-4-6-13(11)19-9-12(14)15(17)18/h3-6,9H,7-8,10H2,1-2H3,(H3,17,18). The predicted molar refractivity (Wildman–Crippen MR) is 85.0 cm³/mol. The summed E-state index contributed by atoms with van der Waals surface area (Å²) in [5.74, 6) is 0.0468. The van der Waals surface area contributed by atoms with Crippen LogP contribution in [0.15, 0.2) is 30.5 Å². The second-order valence-corrected chi connectivity index (χ2v) is 5.97. The van der Waals surface area contributed by atoms with Gasteiger partial charge in [-0.3, -0.25) is 10.4 Å². The number of nitrogens with zero attached hydrogens (tertiary/aromatic N) is 2.